The number of rotatable bonds is 6. The fourth-order valence-corrected chi connectivity index (χ4v) is 3.31. The maximum Gasteiger partial charge on any atom is 0.241 e. The summed E-state index contributed by atoms with van der Waals surface area (Å²) < 4.78 is 0. The van der Waals surface area contributed by atoms with Gasteiger partial charge in [0.15, 0.2) is 5.96 Å². The second-order valence-electron chi connectivity index (χ2n) is 7.34. The summed E-state index contributed by atoms with van der Waals surface area (Å²) in [6.07, 6.45) is 0.996. The number of nitrogens with one attached hydrogen (secondary N) is 2. The SMILES string of the molecule is CN(C)C(=O)CNC(=NCc1ccccc1)NC1CCN(c2ccc(Cl)cc2)C1. The van der Waals surface area contributed by atoms with E-state index in [0.29, 0.717) is 12.5 Å². The zero-order valence-corrected chi connectivity index (χ0v) is 17.7. The van der Waals surface area contributed by atoms with Crippen molar-refractivity contribution in [3.05, 3.63) is 65.2 Å². The molecule has 0 spiro atoms. The normalized spacial score (nSPS) is 16.6. The van der Waals surface area contributed by atoms with E-state index >= 15 is 0 Å². The molecule has 7 heteroatoms. The molecule has 0 aromatic heterocycles. The van der Waals surface area contributed by atoms with Crippen molar-refractivity contribution in [3.8, 4) is 0 Å². The molecule has 1 heterocycles. The van der Waals surface area contributed by atoms with Crippen molar-refractivity contribution < 1.29 is 4.79 Å². The third kappa shape index (κ3) is 6.39. The fourth-order valence-electron chi connectivity index (χ4n) is 3.18. The van der Waals surface area contributed by atoms with Gasteiger partial charge in [0.25, 0.3) is 0 Å². The lowest BCUT2D eigenvalue weighted by atomic mass is 10.2. The second-order valence-corrected chi connectivity index (χ2v) is 7.78. The molecule has 29 heavy (non-hydrogen) atoms. The minimum absolute atomic E-state index is 0.00780. The number of benzene rings is 2. The van der Waals surface area contributed by atoms with E-state index in [-0.39, 0.29) is 18.5 Å². The summed E-state index contributed by atoms with van der Waals surface area (Å²) in [6.45, 7) is 2.60. The molecular weight excluding hydrogens is 386 g/mol. The van der Waals surface area contributed by atoms with E-state index in [4.69, 9.17) is 11.6 Å². The Hall–Kier alpha value is -2.73. The quantitative estimate of drug-likeness (QED) is 0.564. The predicted octanol–water partition coefficient (Wildman–Crippen LogP) is 2.74. The molecule has 0 radical (unpaired) electrons. The summed E-state index contributed by atoms with van der Waals surface area (Å²) >= 11 is 6.00. The van der Waals surface area contributed by atoms with Gasteiger partial charge in [-0.2, -0.15) is 0 Å². The van der Waals surface area contributed by atoms with Crippen LogP contribution in [-0.4, -0.2) is 56.5 Å². The van der Waals surface area contributed by atoms with E-state index in [1.165, 1.54) is 0 Å². The van der Waals surface area contributed by atoms with Crippen LogP contribution in [0, 0.1) is 0 Å². The number of likely N-dealkylation sites (N-methyl/N-ethyl adjacent to an activating group) is 1. The first-order valence-electron chi connectivity index (χ1n) is 9.80. The number of nitrogens with zero attached hydrogens (tertiary/aromatic N) is 3. The monoisotopic (exact) mass is 413 g/mol. The van der Waals surface area contributed by atoms with Crippen molar-refractivity contribution in [1.82, 2.24) is 15.5 Å². The van der Waals surface area contributed by atoms with E-state index < -0.39 is 0 Å². The molecule has 0 bridgehead atoms. The van der Waals surface area contributed by atoms with Gasteiger partial charge in [-0.15, -0.1) is 0 Å². The standard InChI is InChI=1S/C22H28ClN5O/c1-27(2)21(29)15-25-22(24-14-17-6-4-3-5-7-17)26-19-12-13-28(16-19)20-10-8-18(23)9-11-20/h3-11,19H,12-16H2,1-2H3,(H2,24,25,26). The minimum Gasteiger partial charge on any atom is -0.369 e. The lowest BCUT2D eigenvalue weighted by Crippen LogP contribution is -2.47. The number of hydrogen-bond donors (Lipinski definition) is 2. The molecule has 154 valence electrons. The van der Waals surface area contributed by atoms with Gasteiger partial charge in [0.2, 0.25) is 5.91 Å². The number of carbonyl (C=O) groups excluding carboxylic acids is 1. The summed E-state index contributed by atoms with van der Waals surface area (Å²) in [7, 11) is 3.50. The second kappa shape index (κ2) is 10.2. The zero-order valence-electron chi connectivity index (χ0n) is 16.9. The number of guanidine groups is 1. The fraction of sp³-hybridized carbons (Fsp3) is 0.364. The number of carbonyl (C=O) groups is 1. The highest BCUT2D eigenvalue weighted by Gasteiger charge is 2.23. The summed E-state index contributed by atoms with van der Waals surface area (Å²) in [5.74, 6) is 0.667. The number of amides is 1. The van der Waals surface area contributed by atoms with Gasteiger partial charge in [0.1, 0.15) is 0 Å². The largest absolute Gasteiger partial charge is 0.369 e. The van der Waals surface area contributed by atoms with E-state index in [9.17, 15) is 4.79 Å². The summed E-state index contributed by atoms with van der Waals surface area (Å²) in [6, 6.07) is 18.3. The number of aliphatic imine (C=N–C) groups is 1. The van der Waals surface area contributed by atoms with Gasteiger partial charge in [0.05, 0.1) is 13.1 Å². The maximum absolute atomic E-state index is 12.0. The smallest absolute Gasteiger partial charge is 0.241 e. The molecule has 0 saturated carbocycles. The van der Waals surface area contributed by atoms with E-state index in [1.807, 2.05) is 54.6 Å². The topological polar surface area (TPSA) is 60.0 Å². The number of halogens is 1. The molecule has 3 rings (SSSR count). The first kappa shape index (κ1) is 21.0. The Morgan fingerprint density at radius 3 is 2.59 bits per heavy atom. The Balaban J connectivity index is 1.62. The third-order valence-corrected chi connectivity index (χ3v) is 5.14. The maximum atomic E-state index is 12.0. The summed E-state index contributed by atoms with van der Waals surface area (Å²) in [4.78, 5) is 20.6. The predicted molar refractivity (Wildman–Crippen MR) is 119 cm³/mol. The van der Waals surface area contributed by atoms with Crippen LogP contribution < -0.4 is 15.5 Å². The Morgan fingerprint density at radius 1 is 1.17 bits per heavy atom. The number of hydrogen-bond acceptors (Lipinski definition) is 3. The molecule has 1 unspecified atom stereocenters. The van der Waals surface area contributed by atoms with Crippen molar-refractivity contribution in [2.24, 2.45) is 4.99 Å². The van der Waals surface area contributed by atoms with Gasteiger partial charge >= 0.3 is 0 Å². The highest BCUT2D eigenvalue weighted by molar-refractivity contribution is 6.30. The molecule has 1 aliphatic heterocycles. The molecule has 2 aromatic rings. The average molecular weight is 414 g/mol. The lowest BCUT2D eigenvalue weighted by molar-refractivity contribution is -0.127. The molecule has 1 amide bonds. The molecule has 0 aliphatic carbocycles. The van der Waals surface area contributed by atoms with E-state index in [0.717, 1.165) is 35.8 Å². The first-order valence-corrected chi connectivity index (χ1v) is 10.2. The number of anilines is 1. The van der Waals surface area contributed by atoms with E-state index in [1.54, 1.807) is 19.0 Å². The molecule has 6 nitrogen and oxygen atoms in total. The Morgan fingerprint density at radius 2 is 1.90 bits per heavy atom. The van der Waals surface area contributed by atoms with Crippen LogP contribution in [0.25, 0.3) is 0 Å². The van der Waals surface area contributed by atoms with Crippen LogP contribution in [0.4, 0.5) is 5.69 Å². The van der Waals surface area contributed by atoms with Crippen molar-refractivity contribution >= 4 is 29.2 Å². The van der Waals surface area contributed by atoms with Crippen LogP contribution in [0.1, 0.15) is 12.0 Å². The molecule has 1 saturated heterocycles. The highest BCUT2D eigenvalue weighted by atomic mass is 35.5. The van der Waals surface area contributed by atoms with Gasteiger partial charge in [-0.3, -0.25) is 4.79 Å². The molecule has 2 aromatic carbocycles. The molecular formula is C22H28ClN5O. The summed E-state index contributed by atoms with van der Waals surface area (Å²) in [5.41, 5.74) is 2.29. The van der Waals surface area contributed by atoms with Gasteiger partial charge < -0.3 is 20.4 Å². The van der Waals surface area contributed by atoms with Gasteiger partial charge in [-0.25, -0.2) is 4.99 Å². The zero-order chi connectivity index (χ0) is 20.6. The average Bonchev–Trinajstić information content (AvgIpc) is 3.19. The van der Waals surface area contributed by atoms with Crippen molar-refractivity contribution in [2.75, 3.05) is 38.6 Å². The van der Waals surface area contributed by atoms with E-state index in [2.05, 4.69) is 20.5 Å². The highest BCUT2D eigenvalue weighted by Crippen LogP contribution is 2.22. The summed E-state index contributed by atoms with van der Waals surface area (Å²) in [5, 5.41) is 7.41. The van der Waals surface area contributed by atoms with Crippen LogP contribution in [0.2, 0.25) is 5.02 Å². The molecule has 1 atom stereocenters. The minimum atomic E-state index is 0.00780. The Bertz CT molecular complexity index is 823. The van der Waals surface area contributed by atoms with Gasteiger partial charge in [-0.1, -0.05) is 41.9 Å². The lowest BCUT2D eigenvalue weighted by Gasteiger charge is -2.21. The van der Waals surface area contributed by atoms with Crippen LogP contribution in [0.5, 0.6) is 0 Å². The van der Waals surface area contributed by atoms with Crippen molar-refractivity contribution in [3.63, 3.8) is 0 Å². The van der Waals surface area contributed by atoms with Crippen LogP contribution >= 0.6 is 11.6 Å². The van der Waals surface area contributed by atoms with Crippen LogP contribution in [-0.2, 0) is 11.3 Å². The van der Waals surface area contributed by atoms with Gasteiger partial charge in [-0.05, 0) is 36.2 Å². The Kier molecular flexibility index (Phi) is 7.36. The Labute approximate surface area is 177 Å². The van der Waals surface area contributed by atoms with Crippen LogP contribution in [0.3, 0.4) is 0 Å². The van der Waals surface area contributed by atoms with Crippen molar-refractivity contribution in [1.29, 1.82) is 0 Å². The molecule has 2 N–H and O–H groups in total. The van der Waals surface area contributed by atoms with Gasteiger partial charge in [0, 0.05) is 43.9 Å². The van der Waals surface area contributed by atoms with Crippen molar-refractivity contribution in [2.45, 2.75) is 19.0 Å². The first-order chi connectivity index (χ1) is 14.0. The molecule has 1 aliphatic rings. The third-order valence-electron chi connectivity index (χ3n) is 4.89. The van der Waals surface area contributed by atoms with Crippen LogP contribution in [0.15, 0.2) is 59.6 Å². The molecule has 1 fully saturated rings.